The summed E-state index contributed by atoms with van der Waals surface area (Å²) < 4.78 is 16.6. The van der Waals surface area contributed by atoms with Gasteiger partial charge in [-0.1, -0.05) is 0 Å². The summed E-state index contributed by atoms with van der Waals surface area (Å²) in [7, 11) is 1.17. The summed E-state index contributed by atoms with van der Waals surface area (Å²) in [5.41, 5.74) is 5.30. The van der Waals surface area contributed by atoms with Gasteiger partial charge in [-0.3, -0.25) is 14.4 Å². The Morgan fingerprint density at radius 1 is 1.41 bits per heavy atom. The molecule has 1 amide bonds. The van der Waals surface area contributed by atoms with Gasteiger partial charge in [0.05, 0.1) is 19.6 Å². The highest BCUT2D eigenvalue weighted by Gasteiger charge is 2.23. The Bertz CT molecular complexity index is 294. The van der Waals surface area contributed by atoms with E-state index in [0.29, 0.717) is 0 Å². The smallest absolute Gasteiger partial charge is 0.306 e. The van der Waals surface area contributed by atoms with Crippen molar-refractivity contribution >= 4 is 17.7 Å². The molecule has 0 aromatic heterocycles. The van der Waals surface area contributed by atoms with Crippen LogP contribution < -0.4 is 11.1 Å². The highest BCUT2D eigenvalue weighted by atomic mass is 19.1. The Hall–Kier alpha value is -1.50. The van der Waals surface area contributed by atoms with Gasteiger partial charge in [0, 0.05) is 12.5 Å². The third-order valence-electron chi connectivity index (χ3n) is 2.16. The minimum absolute atomic E-state index is 0.127. The monoisotopic (exact) mass is 248 g/mol. The molecule has 0 bridgehead atoms. The Kier molecular flexibility index (Phi) is 7.04. The first-order valence-electron chi connectivity index (χ1n) is 5.11. The van der Waals surface area contributed by atoms with Crippen LogP contribution in [-0.4, -0.2) is 44.0 Å². The van der Waals surface area contributed by atoms with E-state index < -0.39 is 36.3 Å². The van der Waals surface area contributed by atoms with Crippen LogP contribution in [0.3, 0.4) is 0 Å². The van der Waals surface area contributed by atoms with E-state index in [1.165, 1.54) is 14.0 Å². The van der Waals surface area contributed by atoms with Gasteiger partial charge in [-0.2, -0.15) is 0 Å². The lowest BCUT2D eigenvalue weighted by Gasteiger charge is -2.15. The molecule has 0 saturated carbocycles. The molecule has 2 unspecified atom stereocenters. The topological polar surface area (TPSA) is 98.5 Å². The molecule has 6 nitrogen and oxygen atoms in total. The van der Waals surface area contributed by atoms with E-state index in [1.54, 1.807) is 0 Å². The van der Waals surface area contributed by atoms with Crippen molar-refractivity contribution in [2.45, 2.75) is 19.4 Å². The van der Waals surface area contributed by atoms with Crippen LogP contribution in [0, 0.1) is 5.92 Å². The molecule has 0 aliphatic carbocycles. The van der Waals surface area contributed by atoms with Crippen molar-refractivity contribution in [3.63, 3.8) is 0 Å². The van der Waals surface area contributed by atoms with Crippen LogP contribution in [0.2, 0.25) is 0 Å². The molecule has 0 saturated heterocycles. The number of esters is 1. The zero-order valence-corrected chi connectivity index (χ0v) is 9.86. The molecule has 2 atom stereocenters. The zero-order valence-electron chi connectivity index (χ0n) is 9.86. The van der Waals surface area contributed by atoms with Crippen molar-refractivity contribution < 1.29 is 23.5 Å². The van der Waals surface area contributed by atoms with Crippen molar-refractivity contribution in [2.24, 2.45) is 11.7 Å². The van der Waals surface area contributed by atoms with Crippen LogP contribution in [0.15, 0.2) is 0 Å². The number of nitrogens with one attached hydrogen (secondary N) is 1. The van der Waals surface area contributed by atoms with Crippen LogP contribution in [0.25, 0.3) is 0 Å². The lowest BCUT2D eigenvalue weighted by atomic mass is 10.0. The number of halogens is 1. The Balaban J connectivity index is 4.34. The van der Waals surface area contributed by atoms with Crippen LogP contribution >= 0.6 is 0 Å². The van der Waals surface area contributed by atoms with Crippen LogP contribution in [0.5, 0.6) is 0 Å². The molecule has 0 spiro atoms. The summed E-state index contributed by atoms with van der Waals surface area (Å²) in [6, 6.07) is -0.728. The zero-order chi connectivity index (χ0) is 13.4. The number of ether oxygens (including phenoxy) is 1. The number of Topliss-reactive ketones (excluding diaryl/α,β-unsaturated/α-hetero) is 1. The number of rotatable bonds is 7. The summed E-state index contributed by atoms with van der Waals surface area (Å²) in [5, 5.41) is 2.37. The second kappa shape index (κ2) is 7.72. The maximum Gasteiger partial charge on any atom is 0.306 e. The van der Waals surface area contributed by atoms with E-state index in [4.69, 9.17) is 5.73 Å². The normalized spacial score (nSPS) is 13.6. The summed E-state index contributed by atoms with van der Waals surface area (Å²) >= 11 is 0. The van der Waals surface area contributed by atoms with E-state index in [-0.39, 0.29) is 13.0 Å². The van der Waals surface area contributed by atoms with Crippen LogP contribution in [0.4, 0.5) is 4.39 Å². The fourth-order valence-electron chi connectivity index (χ4n) is 1.08. The lowest BCUT2D eigenvalue weighted by Crippen LogP contribution is -2.42. The molecule has 7 heteroatoms. The standard InChI is InChI=1S/C10H17FN2O4/c1-6(12)10(16)13-5-7(8(14)4-11)3-9(15)17-2/h6-7H,3-5,12H2,1-2H3,(H,13,16). The Morgan fingerprint density at radius 2 is 2.00 bits per heavy atom. The van der Waals surface area contributed by atoms with Gasteiger partial charge in [0.2, 0.25) is 5.91 Å². The van der Waals surface area contributed by atoms with Crippen molar-refractivity contribution in [3.05, 3.63) is 0 Å². The molecule has 0 aliphatic rings. The number of nitrogens with two attached hydrogens (primary N) is 1. The average Bonchev–Trinajstić information content (AvgIpc) is 2.32. The second-order valence-electron chi connectivity index (χ2n) is 3.61. The van der Waals surface area contributed by atoms with Gasteiger partial charge in [-0.05, 0) is 6.92 Å². The lowest BCUT2D eigenvalue weighted by molar-refractivity contribution is -0.144. The quantitative estimate of drug-likeness (QED) is 0.573. The fourth-order valence-corrected chi connectivity index (χ4v) is 1.08. The molecule has 0 aliphatic heterocycles. The minimum atomic E-state index is -1.18. The Morgan fingerprint density at radius 3 is 2.41 bits per heavy atom. The van der Waals surface area contributed by atoms with Crippen molar-refractivity contribution in [2.75, 3.05) is 20.3 Å². The molecular weight excluding hydrogens is 231 g/mol. The van der Waals surface area contributed by atoms with Crippen LogP contribution in [-0.2, 0) is 19.1 Å². The van der Waals surface area contributed by atoms with Gasteiger partial charge in [0.15, 0.2) is 5.78 Å². The highest BCUT2D eigenvalue weighted by molar-refractivity contribution is 5.87. The van der Waals surface area contributed by atoms with Crippen LogP contribution in [0.1, 0.15) is 13.3 Å². The predicted molar refractivity (Wildman–Crippen MR) is 57.8 cm³/mol. The van der Waals surface area contributed by atoms with E-state index in [9.17, 15) is 18.8 Å². The number of hydrogen-bond acceptors (Lipinski definition) is 5. The molecule has 17 heavy (non-hydrogen) atoms. The number of alkyl halides is 1. The maximum absolute atomic E-state index is 12.2. The summed E-state index contributed by atoms with van der Waals surface area (Å²) in [6.45, 7) is 0.162. The van der Waals surface area contributed by atoms with Gasteiger partial charge in [0.25, 0.3) is 0 Å². The first-order chi connectivity index (χ1) is 7.92. The molecule has 0 rings (SSSR count). The Labute approximate surface area is 98.7 Å². The molecule has 0 fully saturated rings. The first kappa shape index (κ1) is 15.5. The third-order valence-corrected chi connectivity index (χ3v) is 2.16. The summed E-state index contributed by atoms with van der Waals surface area (Å²) in [5.74, 6) is -2.77. The number of amides is 1. The van der Waals surface area contributed by atoms with Gasteiger partial charge >= 0.3 is 5.97 Å². The number of ketones is 1. The van der Waals surface area contributed by atoms with Crippen molar-refractivity contribution in [1.29, 1.82) is 0 Å². The van der Waals surface area contributed by atoms with E-state index in [1.807, 2.05) is 0 Å². The summed E-state index contributed by atoms with van der Waals surface area (Å²) in [4.78, 5) is 33.3. The SMILES string of the molecule is COC(=O)CC(CNC(=O)C(C)N)C(=O)CF. The molecule has 0 radical (unpaired) electrons. The molecule has 0 aromatic rings. The molecule has 3 N–H and O–H groups in total. The predicted octanol–water partition coefficient (Wildman–Crippen LogP) is -0.832. The number of hydrogen-bond donors (Lipinski definition) is 2. The number of carbonyl (C=O) groups excluding carboxylic acids is 3. The first-order valence-corrected chi connectivity index (χ1v) is 5.11. The molecule has 98 valence electrons. The van der Waals surface area contributed by atoms with Gasteiger partial charge in [-0.25, -0.2) is 4.39 Å². The third kappa shape index (κ3) is 5.96. The fraction of sp³-hybridized carbons (Fsp3) is 0.700. The number of methoxy groups -OCH3 is 1. The number of carbonyl (C=O) groups is 3. The minimum Gasteiger partial charge on any atom is -0.469 e. The molecule has 0 aromatic carbocycles. The van der Waals surface area contributed by atoms with Crippen molar-refractivity contribution in [3.8, 4) is 0 Å². The van der Waals surface area contributed by atoms with Gasteiger partial charge < -0.3 is 15.8 Å². The molecule has 0 heterocycles. The maximum atomic E-state index is 12.2. The van der Waals surface area contributed by atoms with Crippen molar-refractivity contribution in [1.82, 2.24) is 5.32 Å². The van der Waals surface area contributed by atoms with Gasteiger partial charge in [-0.15, -0.1) is 0 Å². The van der Waals surface area contributed by atoms with E-state index in [2.05, 4.69) is 10.1 Å². The largest absolute Gasteiger partial charge is 0.469 e. The van der Waals surface area contributed by atoms with Gasteiger partial charge in [0.1, 0.15) is 6.67 Å². The molecular formula is C10H17FN2O4. The van der Waals surface area contributed by atoms with E-state index >= 15 is 0 Å². The second-order valence-corrected chi connectivity index (χ2v) is 3.61. The highest BCUT2D eigenvalue weighted by Crippen LogP contribution is 2.06. The van der Waals surface area contributed by atoms with E-state index in [0.717, 1.165) is 0 Å². The summed E-state index contributed by atoms with van der Waals surface area (Å²) in [6.07, 6.45) is -0.265. The average molecular weight is 248 g/mol.